The van der Waals surface area contributed by atoms with Gasteiger partial charge in [0.1, 0.15) is 5.75 Å². The van der Waals surface area contributed by atoms with E-state index in [1.807, 2.05) is 18.2 Å². The van der Waals surface area contributed by atoms with Crippen molar-refractivity contribution in [2.45, 2.75) is 39.5 Å². The van der Waals surface area contributed by atoms with Gasteiger partial charge in [0.2, 0.25) is 0 Å². The average Bonchev–Trinajstić information content (AvgIpc) is 2.03. The maximum absolute atomic E-state index is 9.93. The van der Waals surface area contributed by atoms with E-state index >= 15 is 0 Å². The minimum Gasteiger partial charge on any atom is -1.00 e. The van der Waals surface area contributed by atoms with Gasteiger partial charge in [-0.1, -0.05) is 45.9 Å². The van der Waals surface area contributed by atoms with Crippen LogP contribution in [0.5, 0.6) is 5.75 Å². The molecule has 0 bridgehead atoms. The molecule has 2 heteroatoms. The average molecular weight is 202 g/mol. The smallest absolute Gasteiger partial charge is 1.00 e. The van der Waals surface area contributed by atoms with Crippen molar-refractivity contribution in [1.82, 2.24) is 0 Å². The molecule has 0 aliphatic carbocycles. The fourth-order valence-corrected chi connectivity index (χ4v) is 1.51. The number of phenolic OH excluding ortho intramolecular Hbond substituents is 1. The van der Waals surface area contributed by atoms with Crippen molar-refractivity contribution in [3.8, 4) is 5.75 Å². The third kappa shape index (κ3) is 3.01. The molecule has 0 radical (unpaired) electrons. The van der Waals surface area contributed by atoms with E-state index in [2.05, 4.69) is 27.7 Å². The largest absolute Gasteiger partial charge is 1.00 e. The molecule has 0 unspecified atom stereocenters. The van der Waals surface area contributed by atoms with Gasteiger partial charge in [0.25, 0.3) is 0 Å². The zero-order valence-corrected chi connectivity index (χ0v) is 11.8. The second kappa shape index (κ2) is 5.79. The van der Waals surface area contributed by atoms with Gasteiger partial charge in [0.05, 0.1) is 0 Å². The Kier molecular flexibility index (Phi) is 5.80. The summed E-state index contributed by atoms with van der Waals surface area (Å²) in [5, 5.41) is 9.93. The predicted octanol–water partition coefficient (Wildman–Crippen LogP) is 0.755. The summed E-state index contributed by atoms with van der Waals surface area (Å²) in [4.78, 5) is 0. The SMILES string of the molecule is CC(C)c1cccc(C(C)C)c1O.[H-].[Na+]. The van der Waals surface area contributed by atoms with Gasteiger partial charge >= 0.3 is 29.6 Å². The monoisotopic (exact) mass is 202 g/mol. The van der Waals surface area contributed by atoms with E-state index in [9.17, 15) is 5.11 Å². The van der Waals surface area contributed by atoms with Crippen LogP contribution in [0.4, 0.5) is 0 Å². The van der Waals surface area contributed by atoms with Crippen LogP contribution in [0.1, 0.15) is 52.1 Å². The molecule has 0 amide bonds. The molecule has 1 aromatic rings. The standard InChI is InChI=1S/C12H18O.Na.H/c1-8(2)10-6-5-7-11(9(3)4)12(10)13;;/h5-9,13H,1-4H3;;/q;+1;-1. The molecule has 1 N–H and O–H groups in total. The number of aromatic hydroxyl groups is 1. The van der Waals surface area contributed by atoms with Crippen LogP contribution in [0.3, 0.4) is 0 Å². The molecule has 0 saturated heterocycles. The van der Waals surface area contributed by atoms with Gasteiger partial charge in [-0.25, -0.2) is 0 Å². The van der Waals surface area contributed by atoms with Crippen LogP contribution in [0.25, 0.3) is 0 Å². The van der Waals surface area contributed by atoms with Crippen LogP contribution < -0.4 is 29.6 Å². The molecule has 0 atom stereocenters. The second-order valence-electron chi connectivity index (χ2n) is 4.09. The van der Waals surface area contributed by atoms with Crippen molar-refractivity contribution in [3.63, 3.8) is 0 Å². The Hall–Kier alpha value is 0.0200. The van der Waals surface area contributed by atoms with E-state index in [4.69, 9.17) is 0 Å². The van der Waals surface area contributed by atoms with Gasteiger partial charge in [-0.05, 0) is 23.0 Å². The summed E-state index contributed by atoms with van der Waals surface area (Å²) in [5.74, 6) is 1.25. The normalized spacial score (nSPS) is 10.4. The Morgan fingerprint density at radius 1 is 1.00 bits per heavy atom. The minimum absolute atomic E-state index is 0. The van der Waals surface area contributed by atoms with Gasteiger partial charge in [-0.3, -0.25) is 0 Å². The molecule has 74 valence electrons. The summed E-state index contributed by atoms with van der Waals surface area (Å²) in [5.41, 5.74) is 2.09. The van der Waals surface area contributed by atoms with Crippen LogP contribution in [0.15, 0.2) is 18.2 Å². The Morgan fingerprint density at radius 3 is 1.64 bits per heavy atom. The van der Waals surface area contributed by atoms with Crippen molar-refractivity contribution in [2.24, 2.45) is 0 Å². The molecule has 0 spiro atoms. The van der Waals surface area contributed by atoms with Crippen molar-refractivity contribution >= 4 is 0 Å². The fraction of sp³-hybridized carbons (Fsp3) is 0.500. The van der Waals surface area contributed by atoms with Gasteiger partial charge in [-0.15, -0.1) is 0 Å². The zero-order valence-electron chi connectivity index (χ0n) is 10.8. The Labute approximate surface area is 110 Å². The Bertz CT molecular complexity index is 271. The molecule has 1 aromatic carbocycles. The first-order chi connectivity index (χ1) is 6.04. The maximum Gasteiger partial charge on any atom is 1.00 e. The second-order valence-corrected chi connectivity index (χ2v) is 4.09. The number of benzene rings is 1. The number of phenols is 1. The van der Waals surface area contributed by atoms with Crippen LogP contribution in [-0.2, 0) is 0 Å². The first-order valence-corrected chi connectivity index (χ1v) is 4.85. The molecule has 14 heavy (non-hydrogen) atoms. The minimum atomic E-state index is 0. The van der Waals surface area contributed by atoms with E-state index in [1.54, 1.807) is 0 Å². The third-order valence-corrected chi connectivity index (χ3v) is 2.34. The number of para-hydroxylation sites is 1. The maximum atomic E-state index is 9.93. The summed E-state index contributed by atoms with van der Waals surface area (Å²) in [6.07, 6.45) is 0. The van der Waals surface area contributed by atoms with Gasteiger partial charge in [-0.2, -0.15) is 0 Å². The summed E-state index contributed by atoms with van der Waals surface area (Å²) in [6, 6.07) is 6.00. The third-order valence-electron chi connectivity index (χ3n) is 2.34. The van der Waals surface area contributed by atoms with E-state index in [0.717, 1.165) is 11.1 Å². The number of hydrogen-bond donors (Lipinski definition) is 1. The molecule has 0 aliphatic rings. The predicted molar refractivity (Wildman–Crippen MR) is 57.4 cm³/mol. The first-order valence-electron chi connectivity index (χ1n) is 4.85. The molecule has 1 nitrogen and oxygen atoms in total. The first kappa shape index (κ1) is 14.0. The molecule has 0 aliphatic heterocycles. The number of hydrogen-bond acceptors (Lipinski definition) is 1. The molecule has 0 heterocycles. The van der Waals surface area contributed by atoms with Crippen LogP contribution in [0.2, 0.25) is 0 Å². The van der Waals surface area contributed by atoms with Gasteiger partial charge < -0.3 is 6.53 Å². The topological polar surface area (TPSA) is 20.2 Å². The van der Waals surface area contributed by atoms with Crippen LogP contribution >= 0.6 is 0 Å². The van der Waals surface area contributed by atoms with Gasteiger partial charge in [0, 0.05) is 0 Å². The van der Waals surface area contributed by atoms with Crippen molar-refractivity contribution in [1.29, 1.82) is 0 Å². The molecule has 1 rings (SSSR count). The Balaban J connectivity index is 0. The fourth-order valence-electron chi connectivity index (χ4n) is 1.51. The summed E-state index contributed by atoms with van der Waals surface area (Å²) in [7, 11) is 0. The van der Waals surface area contributed by atoms with Gasteiger partial charge in [0.15, 0.2) is 0 Å². The Morgan fingerprint density at radius 2 is 1.36 bits per heavy atom. The molecule has 0 fully saturated rings. The van der Waals surface area contributed by atoms with Crippen LogP contribution in [0, 0.1) is 0 Å². The zero-order chi connectivity index (χ0) is 10.0. The van der Waals surface area contributed by atoms with E-state index in [0.29, 0.717) is 17.6 Å². The van der Waals surface area contributed by atoms with E-state index in [-0.39, 0.29) is 31.0 Å². The van der Waals surface area contributed by atoms with Crippen molar-refractivity contribution in [3.05, 3.63) is 29.3 Å². The quantitative estimate of drug-likeness (QED) is 0.702. The molecule has 0 saturated carbocycles. The van der Waals surface area contributed by atoms with E-state index in [1.165, 1.54) is 0 Å². The number of rotatable bonds is 2. The summed E-state index contributed by atoms with van der Waals surface area (Å²) >= 11 is 0. The summed E-state index contributed by atoms with van der Waals surface area (Å²) < 4.78 is 0. The summed E-state index contributed by atoms with van der Waals surface area (Å²) in [6.45, 7) is 8.39. The van der Waals surface area contributed by atoms with Crippen LogP contribution in [-0.4, -0.2) is 5.11 Å². The molecular formula is C12H19NaO. The molecule has 0 aromatic heterocycles. The molecular weight excluding hydrogens is 183 g/mol. The van der Waals surface area contributed by atoms with Crippen molar-refractivity contribution < 1.29 is 36.1 Å². The van der Waals surface area contributed by atoms with E-state index < -0.39 is 0 Å². The van der Waals surface area contributed by atoms with Crippen molar-refractivity contribution in [2.75, 3.05) is 0 Å².